The van der Waals surface area contributed by atoms with E-state index in [1.807, 2.05) is 30.5 Å². The highest BCUT2D eigenvalue weighted by atomic mass is 32.2. The van der Waals surface area contributed by atoms with Crippen LogP contribution >= 0.6 is 11.8 Å². The maximum atomic E-state index is 12.4. The van der Waals surface area contributed by atoms with E-state index in [0.717, 1.165) is 44.8 Å². The molecule has 1 N–H and O–H groups in total. The maximum Gasteiger partial charge on any atom is 0.227 e. The van der Waals surface area contributed by atoms with Crippen LogP contribution in [0.4, 0.5) is 5.69 Å². The standard InChI is InChI=1S/C20H30N4O2S/c1-22-10-12-23(13-11-22)9-3-8-21-20(26)16-14-19(25)24(15-16)17-4-6-18(27-2)7-5-17/h4-7,16H,3,8-15H2,1-2H3,(H,21,26)/t16-/m1/s1. The third-order valence-electron chi connectivity index (χ3n) is 5.43. The normalized spacial score (nSPS) is 21.6. The van der Waals surface area contributed by atoms with Crippen LogP contribution in [0.1, 0.15) is 12.8 Å². The fourth-order valence-electron chi connectivity index (χ4n) is 3.62. The van der Waals surface area contributed by atoms with E-state index >= 15 is 0 Å². The number of piperazine rings is 1. The van der Waals surface area contributed by atoms with Crippen LogP contribution in [0.3, 0.4) is 0 Å². The lowest BCUT2D eigenvalue weighted by atomic mass is 10.1. The molecule has 0 unspecified atom stereocenters. The van der Waals surface area contributed by atoms with Crippen molar-refractivity contribution in [3.63, 3.8) is 0 Å². The predicted molar refractivity (Wildman–Crippen MR) is 110 cm³/mol. The second-order valence-electron chi connectivity index (χ2n) is 7.39. The lowest BCUT2D eigenvalue weighted by molar-refractivity contribution is -0.126. The molecule has 2 saturated heterocycles. The van der Waals surface area contributed by atoms with Crippen LogP contribution < -0.4 is 10.2 Å². The molecule has 148 valence electrons. The minimum Gasteiger partial charge on any atom is -0.356 e. The first-order valence-electron chi connectivity index (χ1n) is 9.70. The minimum atomic E-state index is -0.249. The van der Waals surface area contributed by atoms with Gasteiger partial charge in [-0.2, -0.15) is 0 Å². The van der Waals surface area contributed by atoms with Gasteiger partial charge in [-0.05, 0) is 50.5 Å². The molecule has 3 rings (SSSR count). The number of carbonyl (C=O) groups is 2. The summed E-state index contributed by atoms with van der Waals surface area (Å²) in [5, 5.41) is 3.03. The van der Waals surface area contributed by atoms with Crippen molar-refractivity contribution in [1.82, 2.24) is 15.1 Å². The van der Waals surface area contributed by atoms with Crippen molar-refractivity contribution in [2.45, 2.75) is 17.7 Å². The number of hydrogen-bond acceptors (Lipinski definition) is 5. The number of amides is 2. The van der Waals surface area contributed by atoms with Gasteiger partial charge in [0.15, 0.2) is 0 Å². The highest BCUT2D eigenvalue weighted by Crippen LogP contribution is 2.27. The molecule has 27 heavy (non-hydrogen) atoms. The van der Waals surface area contributed by atoms with Crippen LogP contribution in [-0.2, 0) is 9.59 Å². The molecule has 0 aromatic heterocycles. The minimum absolute atomic E-state index is 0.00459. The molecule has 7 heteroatoms. The first-order valence-corrected chi connectivity index (χ1v) is 10.9. The molecule has 6 nitrogen and oxygen atoms in total. The van der Waals surface area contributed by atoms with E-state index in [4.69, 9.17) is 0 Å². The van der Waals surface area contributed by atoms with Crippen molar-refractivity contribution in [2.75, 3.05) is 64.0 Å². The molecule has 0 saturated carbocycles. The van der Waals surface area contributed by atoms with Crippen molar-refractivity contribution in [1.29, 1.82) is 0 Å². The maximum absolute atomic E-state index is 12.4. The highest BCUT2D eigenvalue weighted by Gasteiger charge is 2.34. The lowest BCUT2D eigenvalue weighted by Crippen LogP contribution is -2.45. The fraction of sp³-hybridized carbons (Fsp3) is 0.600. The highest BCUT2D eigenvalue weighted by molar-refractivity contribution is 7.98. The first-order chi connectivity index (χ1) is 13.1. The van der Waals surface area contributed by atoms with E-state index in [9.17, 15) is 9.59 Å². The Morgan fingerprint density at radius 1 is 1.19 bits per heavy atom. The second-order valence-corrected chi connectivity index (χ2v) is 8.27. The molecule has 0 spiro atoms. The van der Waals surface area contributed by atoms with E-state index in [2.05, 4.69) is 22.2 Å². The molecule has 1 aromatic rings. The van der Waals surface area contributed by atoms with Crippen molar-refractivity contribution in [2.24, 2.45) is 5.92 Å². The summed E-state index contributed by atoms with van der Waals surface area (Å²) in [6.07, 6.45) is 3.28. The Morgan fingerprint density at radius 2 is 1.89 bits per heavy atom. The Balaban J connectivity index is 1.40. The monoisotopic (exact) mass is 390 g/mol. The zero-order chi connectivity index (χ0) is 19.2. The van der Waals surface area contributed by atoms with Crippen LogP contribution in [0, 0.1) is 5.92 Å². The predicted octanol–water partition coefficient (Wildman–Crippen LogP) is 1.52. The third-order valence-corrected chi connectivity index (χ3v) is 6.17. The fourth-order valence-corrected chi connectivity index (χ4v) is 4.03. The number of thioether (sulfide) groups is 1. The summed E-state index contributed by atoms with van der Waals surface area (Å²) in [6, 6.07) is 7.94. The van der Waals surface area contributed by atoms with Gasteiger partial charge in [0.25, 0.3) is 0 Å². The first kappa shape index (κ1) is 20.2. The number of nitrogens with one attached hydrogen (secondary N) is 1. The van der Waals surface area contributed by atoms with Crippen LogP contribution in [0.15, 0.2) is 29.2 Å². The molecule has 0 bridgehead atoms. The Bertz CT molecular complexity index is 644. The summed E-state index contributed by atoms with van der Waals surface area (Å²) in [7, 11) is 2.15. The summed E-state index contributed by atoms with van der Waals surface area (Å²) in [6.45, 7) is 6.61. The van der Waals surface area contributed by atoms with Gasteiger partial charge in [-0.3, -0.25) is 9.59 Å². The zero-order valence-electron chi connectivity index (χ0n) is 16.3. The largest absolute Gasteiger partial charge is 0.356 e. The third kappa shape index (κ3) is 5.46. The Morgan fingerprint density at radius 3 is 2.56 bits per heavy atom. The number of rotatable bonds is 7. The van der Waals surface area contributed by atoms with Crippen molar-refractivity contribution < 1.29 is 9.59 Å². The average molecular weight is 391 g/mol. The molecular formula is C20H30N4O2S. The molecule has 1 atom stereocenters. The van der Waals surface area contributed by atoms with E-state index in [1.165, 1.54) is 4.90 Å². The average Bonchev–Trinajstić information content (AvgIpc) is 3.08. The second kappa shape index (κ2) is 9.57. The van der Waals surface area contributed by atoms with Gasteiger partial charge < -0.3 is 20.0 Å². The van der Waals surface area contributed by atoms with E-state index in [-0.39, 0.29) is 17.7 Å². The zero-order valence-corrected chi connectivity index (χ0v) is 17.1. The van der Waals surface area contributed by atoms with Crippen molar-refractivity contribution >= 4 is 29.3 Å². The van der Waals surface area contributed by atoms with Crippen LogP contribution in [0.2, 0.25) is 0 Å². The van der Waals surface area contributed by atoms with Crippen molar-refractivity contribution in [3.8, 4) is 0 Å². The van der Waals surface area contributed by atoms with Crippen LogP contribution in [0.5, 0.6) is 0 Å². The molecule has 2 fully saturated rings. The van der Waals surface area contributed by atoms with E-state index in [0.29, 0.717) is 19.5 Å². The molecule has 2 heterocycles. The molecule has 1 aromatic carbocycles. The molecule has 0 aliphatic carbocycles. The smallest absolute Gasteiger partial charge is 0.227 e. The van der Waals surface area contributed by atoms with E-state index in [1.54, 1.807) is 16.7 Å². The molecule has 2 amide bonds. The summed E-state index contributed by atoms with van der Waals surface area (Å²) in [5.41, 5.74) is 0.878. The summed E-state index contributed by atoms with van der Waals surface area (Å²) < 4.78 is 0. The number of benzene rings is 1. The van der Waals surface area contributed by atoms with Gasteiger partial charge >= 0.3 is 0 Å². The van der Waals surface area contributed by atoms with Crippen molar-refractivity contribution in [3.05, 3.63) is 24.3 Å². The summed E-state index contributed by atoms with van der Waals surface area (Å²) in [4.78, 5) is 32.5. The van der Waals surface area contributed by atoms with Gasteiger partial charge in [-0.15, -0.1) is 11.8 Å². The molecule has 2 aliphatic heterocycles. The topological polar surface area (TPSA) is 55.9 Å². The molecule has 0 radical (unpaired) electrons. The number of anilines is 1. The molecular weight excluding hydrogens is 360 g/mol. The van der Waals surface area contributed by atoms with Gasteiger partial charge in [0, 0.05) is 56.3 Å². The number of likely N-dealkylation sites (N-methyl/N-ethyl adjacent to an activating group) is 1. The van der Waals surface area contributed by atoms with Gasteiger partial charge in [-0.25, -0.2) is 0 Å². The summed E-state index contributed by atoms with van der Waals surface area (Å²) in [5.74, 6) is -0.212. The van der Waals surface area contributed by atoms with Gasteiger partial charge in [0.2, 0.25) is 11.8 Å². The lowest BCUT2D eigenvalue weighted by Gasteiger charge is -2.32. The Labute approximate surface area is 166 Å². The SMILES string of the molecule is CSc1ccc(N2C[C@H](C(=O)NCCCN3CCN(C)CC3)CC2=O)cc1. The molecule has 2 aliphatic rings. The summed E-state index contributed by atoms with van der Waals surface area (Å²) >= 11 is 1.67. The van der Waals surface area contributed by atoms with Gasteiger partial charge in [0.1, 0.15) is 0 Å². The number of nitrogens with zero attached hydrogens (tertiary/aromatic N) is 3. The Hall–Kier alpha value is -1.57. The Kier molecular flexibility index (Phi) is 7.15. The van der Waals surface area contributed by atoms with Gasteiger partial charge in [0.05, 0.1) is 5.92 Å². The number of hydrogen-bond donors (Lipinski definition) is 1. The van der Waals surface area contributed by atoms with Crippen LogP contribution in [0.25, 0.3) is 0 Å². The quantitative estimate of drug-likeness (QED) is 0.565. The van der Waals surface area contributed by atoms with Crippen LogP contribution in [-0.4, -0.2) is 80.7 Å². The van der Waals surface area contributed by atoms with E-state index < -0.39 is 0 Å². The van der Waals surface area contributed by atoms with Gasteiger partial charge in [-0.1, -0.05) is 0 Å². The number of carbonyl (C=O) groups excluding carboxylic acids is 2.